The number of carbonyl (C=O) groups excluding carboxylic acids is 1. The van der Waals surface area contributed by atoms with Gasteiger partial charge in [0.15, 0.2) is 0 Å². The van der Waals surface area contributed by atoms with E-state index in [-0.39, 0.29) is 18.9 Å². The molecule has 0 aromatic heterocycles. The molecule has 0 saturated heterocycles. The Kier molecular flexibility index (Phi) is 8.91. The van der Waals surface area contributed by atoms with Crippen molar-refractivity contribution in [2.75, 3.05) is 6.54 Å². The highest BCUT2D eigenvalue weighted by Gasteiger charge is 2.23. The minimum absolute atomic E-state index is 0.0827. The topological polar surface area (TPSA) is 61.4 Å². The van der Waals surface area contributed by atoms with Gasteiger partial charge in [0.1, 0.15) is 11.6 Å². The SMILES string of the molecule is CCc1cccc(CNC[C@H](O)[C@@H](Cc2cc(F)cc(F)c2)NC(=O)c2cc(C)cc(C)c2)c1. The largest absolute Gasteiger partial charge is 0.390 e. The molecular weight excluding hydrogens is 434 g/mol. The van der Waals surface area contributed by atoms with Crippen molar-refractivity contribution >= 4 is 5.91 Å². The number of aliphatic hydroxyl groups is 1. The second-order valence-corrected chi connectivity index (χ2v) is 8.81. The first kappa shape index (κ1) is 25.5. The molecule has 34 heavy (non-hydrogen) atoms. The summed E-state index contributed by atoms with van der Waals surface area (Å²) >= 11 is 0. The maximum atomic E-state index is 13.7. The lowest BCUT2D eigenvalue weighted by Crippen LogP contribution is -2.48. The van der Waals surface area contributed by atoms with Gasteiger partial charge >= 0.3 is 0 Å². The molecule has 0 heterocycles. The van der Waals surface area contributed by atoms with Crippen molar-refractivity contribution in [1.29, 1.82) is 0 Å². The fourth-order valence-electron chi connectivity index (χ4n) is 4.09. The van der Waals surface area contributed by atoms with Gasteiger partial charge in [0.2, 0.25) is 0 Å². The zero-order valence-corrected chi connectivity index (χ0v) is 19.9. The van der Waals surface area contributed by atoms with Gasteiger partial charge in [-0.15, -0.1) is 0 Å². The molecule has 0 bridgehead atoms. The number of aliphatic hydroxyl groups excluding tert-OH is 1. The zero-order chi connectivity index (χ0) is 24.7. The summed E-state index contributed by atoms with van der Waals surface area (Å²) in [4.78, 5) is 13.0. The van der Waals surface area contributed by atoms with E-state index < -0.39 is 23.8 Å². The number of amides is 1. The van der Waals surface area contributed by atoms with Gasteiger partial charge in [-0.05, 0) is 67.6 Å². The second kappa shape index (κ2) is 11.9. The summed E-state index contributed by atoms with van der Waals surface area (Å²) < 4.78 is 27.5. The first-order chi connectivity index (χ1) is 16.2. The number of aryl methyl sites for hydroxylation is 3. The highest BCUT2D eigenvalue weighted by molar-refractivity contribution is 5.94. The summed E-state index contributed by atoms with van der Waals surface area (Å²) in [5.41, 5.74) is 5.05. The van der Waals surface area contributed by atoms with E-state index in [0.717, 1.165) is 29.2 Å². The number of nitrogens with one attached hydrogen (secondary N) is 2. The number of benzene rings is 3. The van der Waals surface area contributed by atoms with Crippen LogP contribution in [0.25, 0.3) is 0 Å². The Bertz CT molecular complexity index is 1090. The van der Waals surface area contributed by atoms with Crippen LogP contribution in [0.4, 0.5) is 8.78 Å². The first-order valence-corrected chi connectivity index (χ1v) is 11.5. The average Bonchev–Trinajstić information content (AvgIpc) is 2.77. The maximum Gasteiger partial charge on any atom is 0.251 e. The molecule has 2 atom stereocenters. The van der Waals surface area contributed by atoms with Gasteiger partial charge in [-0.1, -0.05) is 48.4 Å². The van der Waals surface area contributed by atoms with Gasteiger partial charge < -0.3 is 15.7 Å². The van der Waals surface area contributed by atoms with Crippen LogP contribution in [-0.2, 0) is 19.4 Å². The van der Waals surface area contributed by atoms with Crippen molar-refractivity contribution in [2.24, 2.45) is 0 Å². The molecule has 0 unspecified atom stereocenters. The third-order valence-corrected chi connectivity index (χ3v) is 5.73. The van der Waals surface area contributed by atoms with Gasteiger partial charge in [0, 0.05) is 24.7 Å². The fraction of sp³-hybridized carbons (Fsp3) is 0.321. The van der Waals surface area contributed by atoms with Gasteiger partial charge in [-0.2, -0.15) is 0 Å². The maximum absolute atomic E-state index is 13.7. The zero-order valence-electron chi connectivity index (χ0n) is 19.9. The quantitative estimate of drug-likeness (QED) is 0.408. The minimum atomic E-state index is -0.976. The van der Waals surface area contributed by atoms with E-state index in [2.05, 4.69) is 29.7 Å². The summed E-state index contributed by atoms with van der Waals surface area (Å²) in [6.45, 7) is 6.66. The van der Waals surface area contributed by atoms with E-state index >= 15 is 0 Å². The third-order valence-electron chi connectivity index (χ3n) is 5.73. The Morgan fingerprint density at radius 1 is 0.912 bits per heavy atom. The first-order valence-electron chi connectivity index (χ1n) is 11.5. The summed E-state index contributed by atoms with van der Waals surface area (Å²) in [5.74, 6) is -1.74. The highest BCUT2D eigenvalue weighted by Crippen LogP contribution is 2.14. The Morgan fingerprint density at radius 2 is 1.56 bits per heavy atom. The molecule has 3 rings (SSSR count). The van der Waals surface area contributed by atoms with Gasteiger partial charge in [0.25, 0.3) is 5.91 Å². The average molecular weight is 467 g/mol. The van der Waals surface area contributed by atoms with E-state index in [1.165, 1.54) is 17.7 Å². The van der Waals surface area contributed by atoms with Crippen molar-refractivity contribution in [3.63, 3.8) is 0 Å². The molecule has 0 spiro atoms. The van der Waals surface area contributed by atoms with E-state index in [4.69, 9.17) is 0 Å². The van der Waals surface area contributed by atoms with Crippen LogP contribution in [0, 0.1) is 25.5 Å². The number of halogens is 2. The van der Waals surface area contributed by atoms with E-state index in [9.17, 15) is 18.7 Å². The third kappa shape index (κ3) is 7.47. The van der Waals surface area contributed by atoms with Gasteiger partial charge in [0.05, 0.1) is 12.1 Å². The van der Waals surface area contributed by atoms with E-state index in [1.807, 2.05) is 32.0 Å². The Hall–Kier alpha value is -3.09. The van der Waals surface area contributed by atoms with E-state index in [1.54, 1.807) is 12.1 Å². The normalized spacial score (nSPS) is 12.9. The molecule has 3 aromatic carbocycles. The van der Waals surface area contributed by atoms with Crippen LogP contribution in [0.5, 0.6) is 0 Å². The van der Waals surface area contributed by atoms with Crippen LogP contribution in [0.2, 0.25) is 0 Å². The van der Waals surface area contributed by atoms with Crippen LogP contribution in [-0.4, -0.2) is 29.7 Å². The molecule has 1 amide bonds. The van der Waals surface area contributed by atoms with Crippen LogP contribution in [0.3, 0.4) is 0 Å². The van der Waals surface area contributed by atoms with Crippen molar-refractivity contribution in [3.8, 4) is 0 Å². The Balaban J connectivity index is 1.73. The Labute approximate surface area is 200 Å². The molecule has 0 saturated carbocycles. The molecule has 180 valence electrons. The molecule has 0 aliphatic carbocycles. The van der Waals surface area contributed by atoms with E-state index in [0.29, 0.717) is 17.7 Å². The van der Waals surface area contributed by atoms with Gasteiger partial charge in [-0.3, -0.25) is 4.79 Å². The molecule has 4 nitrogen and oxygen atoms in total. The van der Waals surface area contributed by atoms with Crippen LogP contribution < -0.4 is 10.6 Å². The number of carbonyl (C=O) groups is 1. The lowest BCUT2D eigenvalue weighted by atomic mass is 9.99. The summed E-state index contributed by atoms with van der Waals surface area (Å²) in [6.07, 6.45) is 0.0441. The fourth-order valence-corrected chi connectivity index (χ4v) is 4.09. The summed E-state index contributed by atoms with van der Waals surface area (Å²) in [5, 5.41) is 17.0. The molecule has 0 radical (unpaired) electrons. The van der Waals surface area contributed by atoms with Crippen molar-refractivity contribution in [2.45, 2.75) is 52.3 Å². The standard InChI is InChI=1S/C28H32F2N2O2/c1-4-20-6-5-7-21(11-20)16-31-17-27(33)26(14-22-12-24(29)15-25(30)13-22)32-28(34)23-9-18(2)8-19(3)10-23/h5-13,15,26-27,31,33H,4,14,16-17H2,1-3H3,(H,32,34)/t26-,27+/m1/s1. The monoisotopic (exact) mass is 466 g/mol. The molecular formula is C28H32F2N2O2. The van der Waals surface area contributed by atoms with Crippen LogP contribution in [0.15, 0.2) is 60.7 Å². The molecule has 3 N–H and O–H groups in total. The van der Waals surface area contributed by atoms with Crippen molar-refractivity contribution < 1.29 is 18.7 Å². The smallest absolute Gasteiger partial charge is 0.251 e. The molecule has 0 aliphatic heterocycles. The minimum Gasteiger partial charge on any atom is -0.390 e. The van der Waals surface area contributed by atoms with Crippen molar-refractivity contribution in [3.05, 3.63) is 106 Å². The number of hydrogen-bond donors (Lipinski definition) is 3. The molecule has 3 aromatic rings. The summed E-state index contributed by atoms with van der Waals surface area (Å²) in [7, 11) is 0. The van der Waals surface area contributed by atoms with Crippen molar-refractivity contribution in [1.82, 2.24) is 10.6 Å². The molecule has 0 fully saturated rings. The highest BCUT2D eigenvalue weighted by atomic mass is 19.1. The lowest BCUT2D eigenvalue weighted by molar-refractivity contribution is 0.0829. The van der Waals surface area contributed by atoms with Gasteiger partial charge in [-0.25, -0.2) is 8.78 Å². The second-order valence-electron chi connectivity index (χ2n) is 8.81. The molecule has 6 heteroatoms. The van der Waals surface area contributed by atoms with Crippen LogP contribution >= 0.6 is 0 Å². The number of hydrogen-bond acceptors (Lipinski definition) is 3. The summed E-state index contributed by atoms with van der Waals surface area (Å²) in [6, 6.07) is 16.2. The predicted octanol–water partition coefficient (Wildman–Crippen LogP) is 4.64. The lowest BCUT2D eigenvalue weighted by Gasteiger charge is -2.25. The number of rotatable bonds is 10. The molecule has 0 aliphatic rings. The Morgan fingerprint density at radius 3 is 2.21 bits per heavy atom. The van der Waals surface area contributed by atoms with Crippen LogP contribution in [0.1, 0.15) is 45.1 Å². The predicted molar refractivity (Wildman–Crippen MR) is 131 cm³/mol.